The second-order valence-electron chi connectivity index (χ2n) is 5.70. The number of hydrogen-bond acceptors (Lipinski definition) is 4. The zero-order chi connectivity index (χ0) is 19.8. The van der Waals surface area contributed by atoms with Crippen molar-refractivity contribution < 1.29 is 22.9 Å². The van der Waals surface area contributed by atoms with Gasteiger partial charge in [-0.2, -0.15) is 13.2 Å². The van der Waals surface area contributed by atoms with Crippen LogP contribution in [0.1, 0.15) is 15.9 Å². The maximum absolute atomic E-state index is 12.9. The SMILES string of the molecule is Nc1cc(C(F)(F)F)cc([N+](=O)[O-])c1NC(=O)c1cccc2ccccc12. The van der Waals surface area contributed by atoms with Crippen molar-refractivity contribution in [3.8, 4) is 0 Å². The van der Waals surface area contributed by atoms with Gasteiger partial charge in [0.25, 0.3) is 11.6 Å². The number of alkyl halides is 3. The normalized spacial score (nSPS) is 11.4. The Balaban J connectivity index is 2.07. The third-order valence-corrected chi connectivity index (χ3v) is 3.94. The van der Waals surface area contributed by atoms with Gasteiger partial charge in [0.2, 0.25) is 0 Å². The van der Waals surface area contributed by atoms with Gasteiger partial charge in [0.15, 0.2) is 0 Å². The van der Waals surface area contributed by atoms with E-state index in [9.17, 15) is 28.1 Å². The number of carbonyl (C=O) groups excluding carboxylic acids is 1. The molecule has 0 atom stereocenters. The molecule has 0 heterocycles. The van der Waals surface area contributed by atoms with Crippen molar-refractivity contribution in [1.82, 2.24) is 0 Å². The Kier molecular flexibility index (Phi) is 4.44. The largest absolute Gasteiger partial charge is 0.416 e. The molecule has 6 nitrogen and oxygen atoms in total. The van der Waals surface area contributed by atoms with Crippen molar-refractivity contribution in [2.24, 2.45) is 0 Å². The van der Waals surface area contributed by atoms with E-state index in [4.69, 9.17) is 5.73 Å². The van der Waals surface area contributed by atoms with Crippen molar-refractivity contribution in [3.05, 3.63) is 75.8 Å². The fraction of sp³-hybridized carbons (Fsp3) is 0.0556. The van der Waals surface area contributed by atoms with E-state index < -0.39 is 39.6 Å². The minimum absolute atomic E-state index is 0.210. The highest BCUT2D eigenvalue weighted by Crippen LogP contribution is 2.39. The molecule has 27 heavy (non-hydrogen) atoms. The quantitative estimate of drug-likeness (QED) is 0.397. The maximum atomic E-state index is 12.9. The van der Waals surface area contributed by atoms with E-state index in [0.717, 1.165) is 5.39 Å². The molecule has 0 aliphatic rings. The number of nitrogens with zero attached hydrogens (tertiary/aromatic N) is 1. The van der Waals surface area contributed by atoms with E-state index >= 15 is 0 Å². The molecule has 138 valence electrons. The zero-order valence-corrected chi connectivity index (χ0v) is 13.6. The van der Waals surface area contributed by atoms with Crippen LogP contribution in [0.4, 0.5) is 30.2 Å². The van der Waals surface area contributed by atoms with Crippen LogP contribution in [0.5, 0.6) is 0 Å². The molecule has 9 heteroatoms. The van der Waals surface area contributed by atoms with Crippen LogP contribution in [0.25, 0.3) is 10.8 Å². The summed E-state index contributed by atoms with van der Waals surface area (Å²) in [6.07, 6.45) is -4.81. The highest BCUT2D eigenvalue weighted by Gasteiger charge is 2.34. The van der Waals surface area contributed by atoms with Crippen LogP contribution in [0.2, 0.25) is 0 Å². The van der Waals surface area contributed by atoms with E-state index in [1.807, 2.05) is 0 Å². The van der Waals surface area contributed by atoms with E-state index in [-0.39, 0.29) is 5.56 Å². The number of rotatable bonds is 3. The third-order valence-electron chi connectivity index (χ3n) is 3.94. The number of fused-ring (bicyclic) bond motifs is 1. The number of nitro benzene ring substituents is 1. The number of nitrogens with one attached hydrogen (secondary N) is 1. The molecule has 3 aromatic rings. The molecule has 0 radical (unpaired) electrons. The van der Waals surface area contributed by atoms with Crippen LogP contribution >= 0.6 is 0 Å². The maximum Gasteiger partial charge on any atom is 0.416 e. The monoisotopic (exact) mass is 375 g/mol. The predicted molar refractivity (Wildman–Crippen MR) is 94.4 cm³/mol. The summed E-state index contributed by atoms with van der Waals surface area (Å²) in [7, 11) is 0. The molecular weight excluding hydrogens is 363 g/mol. The van der Waals surface area contributed by atoms with Crippen LogP contribution in [-0.2, 0) is 6.18 Å². The van der Waals surface area contributed by atoms with Crippen LogP contribution in [-0.4, -0.2) is 10.8 Å². The van der Waals surface area contributed by atoms with Crippen molar-refractivity contribution in [1.29, 1.82) is 0 Å². The van der Waals surface area contributed by atoms with Gasteiger partial charge in [0, 0.05) is 11.6 Å². The minimum Gasteiger partial charge on any atom is -0.397 e. The lowest BCUT2D eigenvalue weighted by atomic mass is 10.0. The number of carbonyl (C=O) groups is 1. The van der Waals surface area contributed by atoms with Gasteiger partial charge in [-0.15, -0.1) is 0 Å². The van der Waals surface area contributed by atoms with Crippen LogP contribution in [0.3, 0.4) is 0 Å². The summed E-state index contributed by atoms with van der Waals surface area (Å²) in [5.74, 6) is -0.721. The number of anilines is 2. The van der Waals surface area contributed by atoms with Gasteiger partial charge in [-0.3, -0.25) is 14.9 Å². The zero-order valence-electron chi connectivity index (χ0n) is 13.6. The fourth-order valence-electron chi connectivity index (χ4n) is 2.70. The molecule has 3 aromatic carbocycles. The molecular formula is C18H12F3N3O3. The Hall–Kier alpha value is -3.62. The molecule has 0 saturated heterocycles. The minimum atomic E-state index is -4.81. The first-order chi connectivity index (χ1) is 12.7. The van der Waals surface area contributed by atoms with Gasteiger partial charge >= 0.3 is 6.18 Å². The summed E-state index contributed by atoms with van der Waals surface area (Å²) < 4.78 is 38.6. The van der Waals surface area contributed by atoms with Crippen molar-refractivity contribution >= 4 is 33.7 Å². The van der Waals surface area contributed by atoms with Gasteiger partial charge < -0.3 is 11.1 Å². The lowest BCUT2D eigenvalue weighted by molar-refractivity contribution is -0.384. The van der Waals surface area contributed by atoms with Crippen molar-refractivity contribution in [3.63, 3.8) is 0 Å². The fourth-order valence-corrected chi connectivity index (χ4v) is 2.70. The third kappa shape index (κ3) is 3.52. The standard InChI is InChI=1S/C18H12F3N3O3/c19-18(20,21)11-8-14(22)16(15(9-11)24(26)27)23-17(25)13-7-3-5-10-4-1-2-6-12(10)13/h1-9H,22H2,(H,23,25). The Morgan fingerprint density at radius 1 is 1.07 bits per heavy atom. The highest BCUT2D eigenvalue weighted by molar-refractivity contribution is 6.14. The Morgan fingerprint density at radius 3 is 2.41 bits per heavy atom. The molecule has 0 aromatic heterocycles. The number of amides is 1. The number of nitrogen functional groups attached to an aromatic ring is 1. The second kappa shape index (κ2) is 6.60. The first kappa shape index (κ1) is 18.2. The number of halogens is 3. The average Bonchev–Trinajstić information content (AvgIpc) is 2.61. The summed E-state index contributed by atoms with van der Waals surface area (Å²) >= 11 is 0. The van der Waals surface area contributed by atoms with E-state index in [1.165, 1.54) is 6.07 Å². The number of nitrogens with two attached hydrogens (primary N) is 1. The molecule has 0 fully saturated rings. The summed E-state index contributed by atoms with van der Waals surface area (Å²) in [6, 6.07) is 12.8. The van der Waals surface area contributed by atoms with Gasteiger partial charge in [0.05, 0.1) is 16.2 Å². The molecule has 0 aliphatic heterocycles. The summed E-state index contributed by atoms with van der Waals surface area (Å²) in [6.45, 7) is 0. The average molecular weight is 375 g/mol. The molecule has 1 amide bonds. The topological polar surface area (TPSA) is 98.3 Å². The van der Waals surface area contributed by atoms with E-state index in [1.54, 1.807) is 36.4 Å². The first-order valence-corrected chi connectivity index (χ1v) is 7.62. The van der Waals surface area contributed by atoms with Gasteiger partial charge in [-0.1, -0.05) is 36.4 Å². The predicted octanol–water partition coefficient (Wildman–Crippen LogP) is 4.60. The highest BCUT2D eigenvalue weighted by atomic mass is 19.4. The van der Waals surface area contributed by atoms with Crippen molar-refractivity contribution in [2.45, 2.75) is 6.18 Å². The molecule has 3 rings (SSSR count). The molecule has 0 aliphatic carbocycles. The van der Waals surface area contributed by atoms with Gasteiger partial charge in [0.1, 0.15) is 5.69 Å². The summed E-state index contributed by atoms with van der Waals surface area (Å²) in [4.78, 5) is 22.8. The Morgan fingerprint density at radius 2 is 1.74 bits per heavy atom. The molecule has 0 saturated carbocycles. The van der Waals surface area contributed by atoms with Crippen LogP contribution in [0, 0.1) is 10.1 Å². The number of nitro groups is 1. The first-order valence-electron chi connectivity index (χ1n) is 7.62. The second-order valence-corrected chi connectivity index (χ2v) is 5.70. The molecule has 0 unspecified atom stereocenters. The van der Waals surface area contributed by atoms with Crippen molar-refractivity contribution in [2.75, 3.05) is 11.1 Å². The summed E-state index contributed by atoms with van der Waals surface area (Å²) in [5.41, 5.74) is 2.55. The lowest BCUT2D eigenvalue weighted by Gasteiger charge is -2.13. The van der Waals surface area contributed by atoms with Gasteiger partial charge in [-0.05, 0) is 22.9 Å². The van der Waals surface area contributed by atoms with E-state index in [0.29, 0.717) is 17.5 Å². The number of hydrogen-bond donors (Lipinski definition) is 2. The smallest absolute Gasteiger partial charge is 0.397 e. The lowest BCUT2D eigenvalue weighted by Crippen LogP contribution is -2.16. The van der Waals surface area contributed by atoms with Crippen LogP contribution < -0.4 is 11.1 Å². The molecule has 0 spiro atoms. The van der Waals surface area contributed by atoms with E-state index in [2.05, 4.69) is 5.32 Å². The molecule has 3 N–H and O–H groups in total. The summed E-state index contributed by atoms with van der Waals surface area (Å²) in [5, 5.41) is 14.8. The Bertz CT molecular complexity index is 1060. The number of benzene rings is 3. The van der Waals surface area contributed by atoms with Crippen LogP contribution in [0.15, 0.2) is 54.6 Å². The molecule has 0 bridgehead atoms. The van der Waals surface area contributed by atoms with Gasteiger partial charge in [-0.25, -0.2) is 0 Å². The Labute approximate surface area is 150 Å².